The van der Waals surface area contributed by atoms with Gasteiger partial charge in [0.2, 0.25) is 0 Å². The van der Waals surface area contributed by atoms with E-state index in [1.165, 1.54) is 12.1 Å². The lowest BCUT2D eigenvalue weighted by Gasteiger charge is -2.43. The van der Waals surface area contributed by atoms with Crippen LogP contribution < -0.4 is 5.73 Å². The van der Waals surface area contributed by atoms with Crippen LogP contribution in [0.5, 0.6) is 0 Å². The number of nitrogens with zero attached hydrogens (tertiary/aromatic N) is 1. The first-order valence-corrected chi connectivity index (χ1v) is 7.32. The zero-order valence-electron chi connectivity index (χ0n) is 12.6. The van der Waals surface area contributed by atoms with Crippen molar-refractivity contribution in [1.82, 2.24) is 4.90 Å². The van der Waals surface area contributed by atoms with Gasteiger partial charge in [0, 0.05) is 6.04 Å². The fourth-order valence-corrected chi connectivity index (χ4v) is 3.00. The number of hydrogen-bond donors (Lipinski definition) is 1. The van der Waals surface area contributed by atoms with Gasteiger partial charge in [0.25, 0.3) is 0 Å². The number of halogens is 1. The SMILES string of the molecule is CCC(N(CC)CC)C(N)(CC)c1ccc(F)cc1. The largest absolute Gasteiger partial charge is 0.320 e. The summed E-state index contributed by atoms with van der Waals surface area (Å²) >= 11 is 0. The van der Waals surface area contributed by atoms with Gasteiger partial charge in [-0.05, 0) is 43.6 Å². The van der Waals surface area contributed by atoms with Crippen molar-refractivity contribution in [1.29, 1.82) is 0 Å². The molecule has 2 N–H and O–H groups in total. The van der Waals surface area contributed by atoms with E-state index in [1.807, 2.05) is 12.1 Å². The standard InChI is InChI=1S/C16H27FN2/c1-5-15(19(7-3)8-4)16(18,6-2)13-9-11-14(17)12-10-13/h9-12,15H,5-8,18H2,1-4H3. The van der Waals surface area contributed by atoms with E-state index in [4.69, 9.17) is 5.73 Å². The maximum atomic E-state index is 13.1. The maximum absolute atomic E-state index is 13.1. The molecule has 0 aromatic heterocycles. The Morgan fingerprint density at radius 3 is 2.00 bits per heavy atom. The van der Waals surface area contributed by atoms with Gasteiger partial charge in [-0.1, -0.05) is 39.8 Å². The Bertz CT molecular complexity index is 373. The lowest BCUT2D eigenvalue weighted by molar-refractivity contribution is 0.121. The van der Waals surface area contributed by atoms with E-state index in [1.54, 1.807) is 0 Å². The summed E-state index contributed by atoms with van der Waals surface area (Å²) in [5.41, 5.74) is 7.31. The summed E-state index contributed by atoms with van der Waals surface area (Å²) < 4.78 is 13.1. The minimum Gasteiger partial charge on any atom is -0.320 e. The van der Waals surface area contributed by atoms with Crippen LogP contribution in [0, 0.1) is 5.82 Å². The van der Waals surface area contributed by atoms with Crippen molar-refractivity contribution in [2.45, 2.75) is 52.1 Å². The summed E-state index contributed by atoms with van der Waals surface area (Å²) in [6.45, 7) is 10.6. The van der Waals surface area contributed by atoms with Crippen LogP contribution in [0.3, 0.4) is 0 Å². The van der Waals surface area contributed by atoms with Crippen LogP contribution in [0.4, 0.5) is 4.39 Å². The van der Waals surface area contributed by atoms with Crippen LogP contribution in [-0.4, -0.2) is 24.0 Å². The highest BCUT2D eigenvalue weighted by Crippen LogP contribution is 2.31. The predicted octanol–water partition coefficient (Wildman–Crippen LogP) is 3.51. The molecule has 0 spiro atoms. The Kier molecular flexibility index (Phi) is 5.95. The molecule has 2 atom stereocenters. The van der Waals surface area contributed by atoms with E-state index in [0.717, 1.165) is 31.5 Å². The Balaban J connectivity index is 3.16. The molecule has 0 fully saturated rings. The predicted molar refractivity (Wildman–Crippen MR) is 79.6 cm³/mol. The lowest BCUT2D eigenvalue weighted by atomic mass is 9.79. The summed E-state index contributed by atoms with van der Waals surface area (Å²) in [6.07, 6.45) is 1.83. The van der Waals surface area contributed by atoms with Crippen LogP contribution >= 0.6 is 0 Å². The highest BCUT2D eigenvalue weighted by Gasteiger charge is 2.36. The van der Waals surface area contributed by atoms with Crippen LogP contribution in [0.2, 0.25) is 0 Å². The Hall–Kier alpha value is -0.930. The third-order valence-corrected chi connectivity index (χ3v) is 4.20. The minimum atomic E-state index is -0.422. The van der Waals surface area contributed by atoms with E-state index in [2.05, 4.69) is 32.6 Å². The van der Waals surface area contributed by atoms with E-state index < -0.39 is 5.54 Å². The van der Waals surface area contributed by atoms with Crippen molar-refractivity contribution in [3.63, 3.8) is 0 Å². The van der Waals surface area contributed by atoms with E-state index in [-0.39, 0.29) is 11.9 Å². The summed E-state index contributed by atoms with van der Waals surface area (Å²) in [5, 5.41) is 0. The minimum absolute atomic E-state index is 0.210. The fourth-order valence-electron chi connectivity index (χ4n) is 3.00. The molecule has 0 amide bonds. The number of benzene rings is 1. The number of rotatable bonds is 7. The van der Waals surface area contributed by atoms with Crippen molar-refractivity contribution in [3.8, 4) is 0 Å². The molecule has 0 saturated heterocycles. The number of nitrogens with two attached hydrogens (primary N) is 1. The summed E-state index contributed by atoms with van der Waals surface area (Å²) in [6, 6.07) is 6.93. The topological polar surface area (TPSA) is 29.3 Å². The zero-order valence-corrected chi connectivity index (χ0v) is 12.6. The third-order valence-electron chi connectivity index (χ3n) is 4.20. The highest BCUT2D eigenvalue weighted by molar-refractivity contribution is 5.27. The summed E-state index contributed by atoms with van der Waals surface area (Å²) in [4.78, 5) is 2.40. The molecule has 0 aliphatic carbocycles. The zero-order chi connectivity index (χ0) is 14.5. The summed E-state index contributed by atoms with van der Waals surface area (Å²) in [7, 11) is 0. The maximum Gasteiger partial charge on any atom is 0.123 e. The molecule has 1 aromatic carbocycles. The third kappa shape index (κ3) is 3.34. The first-order valence-electron chi connectivity index (χ1n) is 7.32. The van der Waals surface area contributed by atoms with Crippen LogP contribution in [0.15, 0.2) is 24.3 Å². The van der Waals surface area contributed by atoms with Crippen LogP contribution in [0.25, 0.3) is 0 Å². The molecule has 0 aliphatic heterocycles. The average Bonchev–Trinajstić information content (AvgIpc) is 2.44. The molecular formula is C16H27FN2. The second-order valence-corrected chi connectivity index (χ2v) is 5.05. The van der Waals surface area contributed by atoms with Gasteiger partial charge in [-0.25, -0.2) is 4.39 Å². The lowest BCUT2D eigenvalue weighted by Crippen LogP contribution is -2.55. The number of likely N-dealkylation sites (N-methyl/N-ethyl adjacent to an activating group) is 1. The quantitative estimate of drug-likeness (QED) is 0.818. The van der Waals surface area contributed by atoms with Crippen LogP contribution in [0.1, 0.15) is 46.1 Å². The molecule has 1 rings (SSSR count). The van der Waals surface area contributed by atoms with E-state index in [0.29, 0.717) is 0 Å². The molecule has 108 valence electrons. The van der Waals surface area contributed by atoms with Crippen LogP contribution in [-0.2, 0) is 5.54 Å². The van der Waals surface area contributed by atoms with E-state index in [9.17, 15) is 4.39 Å². The molecule has 0 bridgehead atoms. The molecular weight excluding hydrogens is 239 g/mol. The van der Waals surface area contributed by atoms with Gasteiger partial charge in [0.05, 0.1) is 5.54 Å². The molecule has 0 aliphatic rings. The van der Waals surface area contributed by atoms with Gasteiger partial charge in [-0.15, -0.1) is 0 Å². The molecule has 3 heteroatoms. The van der Waals surface area contributed by atoms with Gasteiger partial charge < -0.3 is 5.73 Å². The number of hydrogen-bond acceptors (Lipinski definition) is 2. The Labute approximate surface area is 116 Å². The van der Waals surface area contributed by atoms with Crippen molar-refractivity contribution < 1.29 is 4.39 Å². The van der Waals surface area contributed by atoms with Crippen molar-refractivity contribution in [2.24, 2.45) is 5.73 Å². The van der Waals surface area contributed by atoms with Crippen molar-refractivity contribution in [3.05, 3.63) is 35.6 Å². The molecule has 2 unspecified atom stereocenters. The Morgan fingerprint density at radius 2 is 1.63 bits per heavy atom. The normalized spacial score (nSPS) is 16.4. The van der Waals surface area contributed by atoms with Crippen molar-refractivity contribution in [2.75, 3.05) is 13.1 Å². The molecule has 0 heterocycles. The van der Waals surface area contributed by atoms with Gasteiger partial charge >= 0.3 is 0 Å². The Morgan fingerprint density at radius 1 is 1.11 bits per heavy atom. The van der Waals surface area contributed by atoms with E-state index >= 15 is 0 Å². The molecule has 0 saturated carbocycles. The molecule has 0 radical (unpaired) electrons. The van der Waals surface area contributed by atoms with Gasteiger partial charge in [-0.3, -0.25) is 4.90 Å². The molecule has 19 heavy (non-hydrogen) atoms. The van der Waals surface area contributed by atoms with Gasteiger partial charge in [0.15, 0.2) is 0 Å². The van der Waals surface area contributed by atoms with Gasteiger partial charge in [-0.2, -0.15) is 0 Å². The van der Waals surface area contributed by atoms with Crippen molar-refractivity contribution >= 4 is 0 Å². The summed E-state index contributed by atoms with van der Waals surface area (Å²) in [5.74, 6) is -0.210. The highest BCUT2D eigenvalue weighted by atomic mass is 19.1. The molecule has 2 nitrogen and oxygen atoms in total. The second kappa shape index (κ2) is 7.01. The first-order chi connectivity index (χ1) is 9.03. The monoisotopic (exact) mass is 266 g/mol. The smallest absolute Gasteiger partial charge is 0.123 e. The fraction of sp³-hybridized carbons (Fsp3) is 0.625. The average molecular weight is 266 g/mol. The molecule has 1 aromatic rings. The first kappa shape index (κ1) is 16.1. The van der Waals surface area contributed by atoms with Gasteiger partial charge in [0.1, 0.15) is 5.82 Å². The second-order valence-electron chi connectivity index (χ2n) is 5.05.